The number of hydrogen-bond acceptors (Lipinski definition) is 2. The Morgan fingerprint density at radius 2 is 1.87 bits per heavy atom. The van der Waals surface area contributed by atoms with E-state index in [-0.39, 0.29) is 5.41 Å². The topological polar surface area (TPSA) is 20.3 Å². The molecule has 0 rings (SSSR count). The fourth-order valence-corrected chi connectivity index (χ4v) is 2.02. The highest BCUT2D eigenvalue weighted by molar-refractivity contribution is 5.59. The van der Waals surface area contributed by atoms with E-state index in [0.717, 1.165) is 38.6 Å². The zero-order chi connectivity index (χ0) is 11.9. The van der Waals surface area contributed by atoms with Gasteiger partial charge in [-0.2, -0.15) is 0 Å². The molecule has 2 nitrogen and oxygen atoms in total. The number of nitrogens with zero attached hydrogens (tertiary/aromatic N) is 1. The molecule has 0 heterocycles. The van der Waals surface area contributed by atoms with Crippen LogP contribution in [0.2, 0.25) is 0 Å². The van der Waals surface area contributed by atoms with Gasteiger partial charge in [-0.15, -0.1) is 0 Å². The first kappa shape index (κ1) is 14.6. The van der Waals surface area contributed by atoms with Crippen molar-refractivity contribution in [3.05, 3.63) is 0 Å². The average Bonchev–Trinajstić information content (AvgIpc) is 2.17. The fraction of sp³-hybridized carbons (Fsp3) is 0.923. The summed E-state index contributed by atoms with van der Waals surface area (Å²) in [7, 11) is 0. The Labute approximate surface area is 95.0 Å². The minimum Gasteiger partial charge on any atom is -0.303 e. The van der Waals surface area contributed by atoms with Gasteiger partial charge in [-0.3, -0.25) is 4.90 Å². The minimum absolute atomic E-state index is 0.159. The lowest BCUT2D eigenvalue weighted by molar-refractivity contribution is -0.117. The molecule has 0 fully saturated rings. The van der Waals surface area contributed by atoms with Gasteiger partial charge in [0, 0.05) is 18.0 Å². The van der Waals surface area contributed by atoms with Crippen LogP contribution in [0.3, 0.4) is 0 Å². The molecule has 0 aliphatic rings. The zero-order valence-electron chi connectivity index (χ0n) is 11.0. The first-order chi connectivity index (χ1) is 6.99. The molecule has 0 radical (unpaired) electrons. The van der Waals surface area contributed by atoms with Crippen LogP contribution in [-0.2, 0) is 4.79 Å². The Hall–Kier alpha value is -0.370. The molecule has 0 aromatic carbocycles. The van der Waals surface area contributed by atoms with Gasteiger partial charge in [0.2, 0.25) is 0 Å². The second-order valence-corrected chi connectivity index (χ2v) is 5.09. The largest absolute Gasteiger partial charge is 0.303 e. The molecule has 0 aliphatic heterocycles. The normalized spacial score (nSPS) is 15.7. The highest BCUT2D eigenvalue weighted by Gasteiger charge is 2.26. The SMILES string of the molecule is CCCN(CC(C)(C=O)CCC)C(C)C. The first-order valence-corrected chi connectivity index (χ1v) is 6.19. The maximum absolute atomic E-state index is 11.2. The minimum atomic E-state index is -0.159. The van der Waals surface area contributed by atoms with Gasteiger partial charge in [0.05, 0.1) is 0 Å². The lowest BCUT2D eigenvalue weighted by atomic mass is 9.86. The molecule has 0 saturated heterocycles. The van der Waals surface area contributed by atoms with Gasteiger partial charge in [-0.25, -0.2) is 0 Å². The smallest absolute Gasteiger partial charge is 0.127 e. The van der Waals surface area contributed by atoms with Crippen LogP contribution in [-0.4, -0.2) is 30.3 Å². The molecule has 0 N–H and O–H groups in total. The molecule has 90 valence electrons. The predicted octanol–water partition coefficient (Wildman–Crippen LogP) is 3.11. The summed E-state index contributed by atoms with van der Waals surface area (Å²) in [6.07, 6.45) is 4.36. The third-order valence-electron chi connectivity index (χ3n) is 2.91. The highest BCUT2D eigenvalue weighted by atomic mass is 16.1. The summed E-state index contributed by atoms with van der Waals surface area (Å²) >= 11 is 0. The van der Waals surface area contributed by atoms with Crippen molar-refractivity contribution in [1.82, 2.24) is 4.90 Å². The molecule has 0 aromatic heterocycles. The summed E-state index contributed by atoms with van der Waals surface area (Å²) in [5.41, 5.74) is -0.159. The molecule has 0 saturated carbocycles. The summed E-state index contributed by atoms with van der Waals surface area (Å²) in [4.78, 5) is 13.6. The number of aldehydes is 1. The van der Waals surface area contributed by atoms with Crippen molar-refractivity contribution in [2.24, 2.45) is 5.41 Å². The lowest BCUT2D eigenvalue weighted by Crippen LogP contribution is -2.41. The van der Waals surface area contributed by atoms with Crippen LogP contribution in [0.4, 0.5) is 0 Å². The maximum atomic E-state index is 11.2. The quantitative estimate of drug-likeness (QED) is 0.577. The van der Waals surface area contributed by atoms with Crippen molar-refractivity contribution >= 4 is 6.29 Å². The third-order valence-corrected chi connectivity index (χ3v) is 2.91. The fourth-order valence-electron chi connectivity index (χ4n) is 2.02. The molecule has 0 amide bonds. The first-order valence-electron chi connectivity index (χ1n) is 6.19. The molecule has 0 aliphatic carbocycles. The molecule has 0 aromatic rings. The van der Waals surface area contributed by atoms with Crippen LogP contribution in [0.5, 0.6) is 0 Å². The van der Waals surface area contributed by atoms with Crippen LogP contribution < -0.4 is 0 Å². The van der Waals surface area contributed by atoms with E-state index in [1.165, 1.54) is 0 Å². The molecular weight excluding hydrogens is 186 g/mol. The highest BCUT2D eigenvalue weighted by Crippen LogP contribution is 2.23. The van der Waals surface area contributed by atoms with Crippen molar-refractivity contribution < 1.29 is 4.79 Å². The van der Waals surface area contributed by atoms with E-state index >= 15 is 0 Å². The van der Waals surface area contributed by atoms with Crippen LogP contribution in [0, 0.1) is 5.41 Å². The summed E-state index contributed by atoms with van der Waals surface area (Å²) in [5, 5.41) is 0. The number of hydrogen-bond donors (Lipinski definition) is 0. The molecule has 2 heteroatoms. The Morgan fingerprint density at radius 1 is 1.27 bits per heavy atom. The molecule has 1 atom stereocenters. The standard InChI is InChI=1S/C13H27NO/c1-6-8-13(5,11-15)10-14(9-7-2)12(3)4/h11-12H,6-10H2,1-5H3. The van der Waals surface area contributed by atoms with Gasteiger partial charge >= 0.3 is 0 Å². The molecular formula is C13H27NO. The molecule has 15 heavy (non-hydrogen) atoms. The van der Waals surface area contributed by atoms with Gasteiger partial charge in [0.15, 0.2) is 0 Å². The van der Waals surface area contributed by atoms with E-state index < -0.39 is 0 Å². The van der Waals surface area contributed by atoms with Crippen LogP contribution in [0.1, 0.15) is 53.9 Å². The van der Waals surface area contributed by atoms with Gasteiger partial charge in [0.1, 0.15) is 6.29 Å². The number of carbonyl (C=O) groups is 1. The average molecular weight is 213 g/mol. The maximum Gasteiger partial charge on any atom is 0.127 e. The Morgan fingerprint density at radius 3 is 2.20 bits per heavy atom. The number of rotatable bonds is 8. The van der Waals surface area contributed by atoms with Crippen LogP contribution in [0.15, 0.2) is 0 Å². The van der Waals surface area contributed by atoms with Gasteiger partial charge in [-0.1, -0.05) is 27.2 Å². The van der Waals surface area contributed by atoms with Crippen molar-refractivity contribution in [3.8, 4) is 0 Å². The predicted molar refractivity (Wildman–Crippen MR) is 66.1 cm³/mol. The van der Waals surface area contributed by atoms with E-state index in [0.29, 0.717) is 6.04 Å². The van der Waals surface area contributed by atoms with Gasteiger partial charge in [0.25, 0.3) is 0 Å². The van der Waals surface area contributed by atoms with E-state index in [2.05, 4.69) is 39.5 Å². The van der Waals surface area contributed by atoms with E-state index in [1.807, 2.05) is 0 Å². The lowest BCUT2D eigenvalue weighted by Gasteiger charge is -2.34. The van der Waals surface area contributed by atoms with E-state index in [1.54, 1.807) is 0 Å². The Bertz CT molecular complexity index is 179. The Kier molecular flexibility index (Phi) is 6.82. The van der Waals surface area contributed by atoms with Crippen molar-refractivity contribution in [1.29, 1.82) is 0 Å². The number of carbonyl (C=O) groups excluding carboxylic acids is 1. The molecule has 1 unspecified atom stereocenters. The second-order valence-electron chi connectivity index (χ2n) is 5.09. The van der Waals surface area contributed by atoms with Crippen LogP contribution >= 0.6 is 0 Å². The second kappa shape index (κ2) is 7.00. The van der Waals surface area contributed by atoms with Crippen molar-refractivity contribution in [3.63, 3.8) is 0 Å². The van der Waals surface area contributed by atoms with Crippen molar-refractivity contribution in [2.75, 3.05) is 13.1 Å². The monoisotopic (exact) mass is 213 g/mol. The summed E-state index contributed by atoms with van der Waals surface area (Å²) in [6.45, 7) is 12.8. The summed E-state index contributed by atoms with van der Waals surface area (Å²) in [6, 6.07) is 0.529. The summed E-state index contributed by atoms with van der Waals surface area (Å²) < 4.78 is 0. The molecule has 0 spiro atoms. The van der Waals surface area contributed by atoms with E-state index in [4.69, 9.17) is 0 Å². The third kappa shape index (κ3) is 5.31. The zero-order valence-corrected chi connectivity index (χ0v) is 11.0. The summed E-state index contributed by atoms with van der Waals surface area (Å²) in [5.74, 6) is 0. The van der Waals surface area contributed by atoms with E-state index in [9.17, 15) is 4.79 Å². The van der Waals surface area contributed by atoms with Gasteiger partial charge in [-0.05, 0) is 33.2 Å². The Balaban J connectivity index is 4.39. The van der Waals surface area contributed by atoms with Gasteiger partial charge < -0.3 is 4.79 Å². The van der Waals surface area contributed by atoms with Crippen LogP contribution in [0.25, 0.3) is 0 Å². The molecule has 0 bridgehead atoms. The van der Waals surface area contributed by atoms with Crippen molar-refractivity contribution in [2.45, 2.75) is 59.9 Å².